The lowest BCUT2D eigenvalue weighted by Crippen LogP contribution is -1.94. The Morgan fingerprint density at radius 3 is 1.33 bits per heavy atom. The largest absolute Gasteiger partial charge is 0.309 e. The maximum atomic E-state index is 4.00. The van der Waals surface area contributed by atoms with Gasteiger partial charge in [0.25, 0.3) is 0 Å². The van der Waals surface area contributed by atoms with Crippen LogP contribution < -0.4 is 0 Å². The van der Waals surface area contributed by atoms with E-state index in [1.54, 1.807) is 0 Å². The molecule has 9 rings (SSSR count). The van der Waals surface area contributed by atoms with Crippen molar-refractivity contribution in [2.45, 2.75) is 0 Å². The van der Waals surface area contributed by atoms with Crippen molar-refractivity contribution in [1.82, 2.24) is 9.13 Å². The van der Waals surface area contributed by atoms with Gasteiger partial charge in [0, 0.05) is 53.1 Å². The molecule has 3 aromatic heterocycles. The molecule has 0 saturated heterocycles. The van der Waals surface area contributed by atoms with Gasteiger partial charge in [-0.05, 0) is 83.9 Å². The summed E-state index contributed by atoms with van der Waals surface area (Å²) in [6, 6.07) is 44.4. The summed E-state index contributed by atoms with van der Waals surface area (Å²) < 4.78 is 7.38. The lowest BCUT2D eigenvalue weighted by Gasteiger charge is -2.10. The fourth-order valence-electron chi connectivity index (χ4n) is 6.82. The molecule has 3 heteroatoms. The van der Waals surface area contributed by atoms with Gasteiger partial charge in [0.1, 0.15) is 0 Å². The van der Waals surface area contributed by atoms with Gasteiger partial charge in [-0.2, -0.15) is 0 Å². The summed E-state index contributed by atoms with van der Waals surface area (Å²) in [5.74, 6) is 0. The molecular weight excluding hydrogens is 541 g/mol. The number of thiophene rings is 1. The van der Waals surface area contributed by atoms with Crippen LogP contribution >= 0.6 is 11.3 Å². The first kappa shape index (κ1) is 24.2. The molecule has 43 heavy (non-hydrogen) atoms. The van der Waals surface area contributed by atoms with Crippen molar-refractivity contribution in [3.8, 4) is 11.4 Å². The van der Waals surface area contributed by atoms with Gasteiger partial charge in [-0.3, -0.25) is 0 Å². The Hall–Kier alpha value is -5.38. The molecule has 0 N–H and O–H groups in total. The van der Waals surface area contributed by atoms with Crippen LogP contribution in [0, 0.1) is 0 Å². The topological polar surface area (TPSA) is 9.86 Å². The maximum Gasteiger partial charge on any atom is 0.0541 e. The normalized spacial score (nSPS) is 11.9. The number of para-hydroxylation sites is 2. The Labute approximate surface area is 252 Å². The highest BCUT2D eigenvalue weighted by Gasteiger charge is 2.16. The molecule has 0 spiro atoms. The Kier molecular flexibility index (Phi) is 5.11. The lowest BCUT2D eigenvalue weighted by molar-refractivity contribution is 1.18. The fraction of sp³-hybridized carbons (Fsp3) is 0. The molecule has 0 unspecified atom stereocenters. The van der Waals surface area contributed by atoms with Crippen LogP contribution in [0.5, 0.6) is 0 Å². The highest BCUT2D eigenvalue weighted by molar-refractivity contribution is 7.25. The molecule has 0 aliphatic heterocycles. The minimum atomic E-state index is 1.13. The van der Waals surface area contributed by atoms with Crippen molar-refractivity contribution in [3.63, 3.8) is 0 Å². The first-order valence-corrected chi connectivity index (χ1v) is 15.3. The lowest BCUT2D eigenvalue weighted by atomic mass is 10.1. The zero-order chi connectivity index (χ0) is 28.7. The Morgan fingerprint density at radius 2 is 0.860 bits per heavy atom. The van der Waals surface area contributed by atoms with Crippen LogP contribution in [0.1, 0.15) is 11.1 Å². The van der Waals surface area contributed by atoms with Crippen LogP contribution in [-0.2, 0) is 0 Å². The average molecular weight is 567 g/mol. The molecule has 0 aliphatic rings. The highest BCUT2D eigenvalue weighted by Crippen LogP contribution is 2.40. The van der Waals surface area contributed by atoms with Crippen molar-refractivity contribution in [2.75, 3.05) is 0 Å². The smallest absolute Gasteiger partial charge is 0.0541 e. The van der Waals surface area contributed by atoms with E-state index in [9.17, 15) is 0 Å². The third-order valence-electron chi connectivity index (χ3n) is 8.82. The molecule has 0 amide bonds. The second kappa shape index (κ2) is 9.06. The second-order valence-corrected chi connectivity index (χ2v) is 12.2. The summed E-state index contributed by atoms with van der Waals surface area (Å²) in [5.41, 5.74) is 9.44. The van der Waals surface area contributed by atoms with Crippen LogP contribution in [0.15, 0.2) is 134 Å². The quantitative estimate of drug-likeness (QED) is 0.200. The summed E-state index contributed by atoms with van der Waals surface area (Å²) in [5, 5.41) is 7.56. The van der Waals surface area contributed by atoms with Crippen molar-refractivity contribution >= 4 is 87.3 Å². The number of aromatic nitrogens is 2. The molecule has 202 valence electrons. The average Bonchev–Trinajstić information content (AvgIpc) is 3.71. The van der Waals surface area contributed by atoms with E-state index in [0.717, 1.165) is 11.1 Å². The molecule has 3 heterocycles. The molecule has 0 atom stereocenters. The van der Waals surface area contributed by atoms with Gasteiger partial charge in [0.05, 0.1) is 22.1 Å². The summed E-state index contributed by atoms with van der Waals surface area (Å²) in [7, 11) is 0. The van der Waals surface area contributed by atoms with Gasteiger partial charge >= 0.3 is 0 Å². The molecule has 0 fully saturated rings. The Morgan fingerprint density at radius 1 is 0.419 bits per heavy atom. The number of nitrogens with zero attached hydrogens (tertiary/aromatic N) is 2. The van der Waals surface area contributed by atoms with Crippen LogP contribution in [0.25, 0.3) is 87.3 Å². The van der Waals surface area contributed by atoms with Crippen LogP contribution in [0.3, 0.4) is 0 Å². The first-order chi connectivity index (χ1) is 21.2. The zero-order valence-electron chi connectivity index (χ0n) is 23.4. The number of hydrogen-bond donors (Lipinski definition) is 0. The Bertz CT molecular complexity index is 2430. The molecule has 0 radical (unpaired) electrons. The molecule has 9 aromatic rings. The van der Waals surface area contributed by atoms with E-state index in [-0.39, 0.29) is 0 Å². The van der Waals surface area contributed by atoms with E-state index >= 15 is 0 Å². The van der Waals surface area contributed by atoms with Gasteiger partial charge in [0.15, 0.2) is 0 Å². The first-order valence-electron chi connectivity index (χ1n) is 14.5. The van der Waals surface area contributed by atoms with Gasteiger partial charge in [-0.15, -0.1) is 11.3 Å². The SMILES string of the molecule is C=Cc1ccc2c(c1)c1ccccc1n2-c1ccc2sc3ccc(-n4c5ccccc5c5cc(C=C)ccc54)cc3c2c1. The molecule has 0 saturated carbocycles. The summed E-state index contributed by atoms with van der Waals surface area (Å²) in [4.78, 5) is 0. The van der Waals surface area contributed by atoms with E-state index in [2.05, 4.69) is 144 Å². The predicted octanol–water partition coefficient (Wildman–Crippen LogP) is 11.5. The van der Waals surface area contributed by atoms with E-state index < -0.39 is 0 Å². The summed E-state index contributed by atoms with van der Waals surface area (Å²) in [6.45, 7) is 7.99. The van der Waals surface area contributed by atoms with Crippen LogP contribution in [0.2, 0.25) is 0 Å². The molecule has 0 bridgehead atoms. The zero-order valence-corrected chi connectivity index (χ0v) is 24.2. The third-order valence-corrected chi connectivity index (χ3v) is 9.97. The molecule has 0 aliphatic carbocycles. The number of rotatable bonds is 4. The predicted molar refractivity (Wildman–Crippen MR) is 188 cm³/mol. The Balaban J connectivity index is 1.30. The number of benzene rings is 6. The van der Waals surface area contributed by atoms with Crippen LogP contribution in [-0.4, -0.2) is 9.13 Å². The monoisotopic (exact) mass is 566 g/mol. The molecule has 6 aromatic carbocycles. The van der Waals surface area contributed by atoms with Crippen molar-refractivity contribution in [1.29, 1.82) is 0 Å². The van der Waals surface area contributed by atoms with Gasteiger partial charge in [-0.1, -0.05) is 73.8 Å². The maximum absolute atomic E-state index is 4.00. The van der Waals surface area contributed by atoms with Gasteiger partial charge in [0.2, 0.25) is 0 Å². The minimum absolute atomic E-state index is 1.13. The van der Waals surface area contributed by atoms with Gasteiger partial charge < -0.3 is 9.13 Å². The van der Waals surface area contributed by atoms with E-state index in [4.69, 9.17) is 0 Å². The summed E-state index contributed by atoms with van der Waals surface area (Å²) >= 11 is 1.86. The fourth-order valence-corrected chi connectivity index (χ4v) is 7.89. The van der Waals surface area contributed by atoms with Crippen LogP contribution in [0.4, 0.5) is 0 Å². The summed E-state index contributed by atoms with van der Waals surface area (Å²) in [6.07, 6.45) is 3.84. The van der Waals surface area contributed by atoms with Crippen molar-refractivity contribution < 1.29 is 0 Å². The van der Waals surface area contributed by atoms with Gasteiger partial charge in [-0.25, -0.2) is 0 Å². The number of hydrogen-bond acceptors (Lipinski definition) is 1. The minimum Gasteiger partial charge on any atom is -0.309 e. The molecular formula is C40H26N2S. The highest BCUT2D eigenvalue weighted by atomic mass is 32.1. The van der Waals surface area contributed by atoms with Crippen molar-refractivity contribution in [2.24, 2.45) is 0 Å². The molecule has 2 nitrogen and oxygen atoms in total. The second-order valence-electron chi connectivity index (χ2n) is 11.1. The van der Waals surface area contributed by atoms with E-state index in [1.165, 1.54) is 75.2 Å². The van der Waals surface area contributed by atoms with Crippen molar-refractivity contribution in [3.05, 3.63) is 146 Å². The number of fused-ring (bicyclic) bond motifs is 9. The van der Waals surface area contributed by atoms with E-state index in [0.29, 0.717) is 0 Å². The third kappa shape index (κ3) is 3.46. The van der Waals surface area contributed by atoms with E-state index in [1.807, 2.05) is 23.5 Å². The standard InChI is InChI=1S/C40H26N2S/c1-3-25-13-17-37-31(21-25)29-9-5-7-11-35(29)41(37)27-15-19-39-33(23-27)34-24-28(16-20-40(34)43-39)42-36-12-8-6-10-30(36)32-22-26(4-2)14-18-38(32)42/h3-24H,1-2H2.